The van der Waals surface area contributed by atoms with Gasteiger partial charge in [-0.05, 0) is 12.1 Å². The maximum Gasteiger partial charge on any atom is 0.327 e. The lowest BCUT2D eigenvalue weighted by molar-refractivity contribution is -0.386. The smallest absolute Gasteiger partial charge is 0.327 e. The van der Waals surface area contributed by atoms with Gasteiger partial charge in [0, 0.05) is 11.5 Å². The number of nitro benzene ring substituents is 1. The molecule has 0 radical (unpaired) electrons. The van der Waals surface area contributed by atoms with E-state index in [0.717, 1.165) is 10.9 Å². The second kappa shape index (κ2) is 7.78. The summed E-state index contributed by atoms with van der Waals surface area (Å²) in [6.45, 7) is 0. The molecule has 0 spiro atoms. The standard InChI is InChI=1S/C19H17N3O6/c1-26-15-9-13(16(22(24)25)18(28-3)17(15)27-2)19(23)21-12-8-11-6-4-5-7-14(11)20-10-12/h4-10H,1-3H3,(H,21,23). The molecule has 0 saturated heterocycles. The number of nitro groups is 1. The number of nitrogens with zero attached hydrogens (tertiary/aromatic N) is 2. The van der Waals surface area contributed by atoms with E-state index < -0.39 is 16.5 Å². The molecule has 2 aromatic carbocycles. The van der Waals surface area contributed by atoms with Crippen molar-refractivity contribution in [1.29, 1.82) is 0 Å². The molecule has 1 heterocycles. The third-order valence-corrected chi connectivity index (χ3v) is 4.08. The van der Waals surface area contributed by atoms with E-state index in [2.05, 4.69) is 10.3 Å². The maximum atomic E-state index is 12.8. The molecular weight excluding hydrogens is 366 g/mol. The van der Waals surface area contributed by atoms with Gasteiger partial charge < -0.3 is 19.5 Å². The summed E-state index contributed by atoms with van der Waals surface area (Å²) in [5.74, 6) is -0.746. The summed E-state index contributed by atoms with van der Waals surface area (Å²) in [6.07, 6.45) is 1.48. The third kappa shape index (κ3) is 3.37. The molecule has 0 unspecified atom stereocenters. The van der Waals surface area contributed by atoms with E-state index in [0.29, 0.717) is 5.69 Å². The molecule has 3 aromatic rings. The number of methoxy groups -OCH3 is 3. The molecule has 144 valence electrons. The fourth-order valence-corrected chi connectivity index (χ4v) is 2.83. The number of anilines is 1. The molecule has 3 rings (SSSR count). The second-order valence-corrected chi connectivity index (χ2v) is 5.67. The first-order chi connectivity index (χ1) is 13.5. The number of hydrogen-bond donors (Lipinski definition) is 1. The zero-order valence-corrected chi connectivity index (χ0v) is 15.4. The average molecular weight is 383 g/mol. The lowest BCUT2D eigenvalue weighted by Crippen LogP contribution is -2.15. The first-order valence-electron chi connectivity index (χ1n) is 8.13. The Bertz CT molecular complexity index is 1070. The number of hydrogen-bond acceptors (Lipinski definition) is 7. The summed E-state index contributed by atoms with van der Waals surface area (Å²) in [4.78, 5) is 28.0. The van der Waals surface area contributed by atoms with E-state index in [-0.39, 0.29) is 22.8 Å². The van der Waals surface area contributed by atoms with E-state index in [1.807, 2.05) is 24.3 Å². The highest BCUT2D eigenvalue weighted by molar-refractivity contribution is 6.09. The molecule has 1 aromatic heterocycles. The van der Waals surface area contributed by atoms with Gasteiger partial charge in [0.25, 0.3) is 5.91 Å². The maximum absolute atomic E-state index is 12.8. The minimum atomic E-state index is -0.706. The zero-order chi connectivity index (χ0) is 20.3. The quantitative estimate of drug-likeness (QED) is 0.512. The molecule has 0 atom stereocenters. The number of carbonyl (C=O) groups excluding carboxylic acids is 1. The van der Waals surface area contributed by atoms with Crippen molar-refractivity contribution in [2.75, 3.05) is 26.6 Å². The van der Waals surface area contributed by atoms with Crippen LogP contribution in [0.2, 0.25) is 0 Å². The van der Waals surface area contributed by atoms with Gasteiger partial charge >= 0.3 is 5.69 Å². The van der Waals surface area contributed by atoms with Gasteiger partial charge in [-0.25, -0.2) is 0 Å². The van der Waals surface area contributed by atoms with Crippen molar-refractivity contribution in [1.82, 2.24) is 4.98 Å². The molecule has 9 heteroatoms. The molecule has 0 bridgehead atoms. The summed E-state index contributed by atoms with van der Waals surface area (Å²) in [6, 6.07) is 10.4. The Kier molecular flexibility index (Phi) is 5.25. The predicted molar refractivity (Wildman–Crippen MR) is 102 cm³/mol. The van der Waals surface area contributed by atoms with E-state index in [1.54, 1.807) is 6.07 Å². The molecule has 1 amide bonds. The number of fused-ring (bicyclic) bond motifs is 1. The molecule has 9 nitrogen and oxygen atoms in total. The minimum Gasteiger partial charge on any atom is -0.493 e. The van der Waals surface area contributed by atoms with Crippen molar-refractivity contribution in [2.24, 2.45) is 0 Å². The predicted octanol–water partition coefficient (Wildman–Crippen LogP) is 3.42. The number of aromatic nitrogens is 1. The highest BCUT2D eigenvalue weighted by Crippen LogP contribution is 2.46. The minimum absolute atomic E-state index is 0.0284. The van der Waals surface area contributed by atoms with Crippen LogP contribution in [0.5, 0.6) is 17.2 Å². The van der Waals surface area contributed by atoms with Crippen LogP contribution in [0.15, 0.2) is 42.6 Å². The number of para-hydroxylation sites is 1. The van der Waals surface area contributed by atoms with Gasteiger partial charge in [-0.15, -0.1) is 0 Å². The molecular formula is C19H17N3O6. The van der Waals surface area contributed by atoms with Gasteiger partial charge in [-0.3, -0.25) is 19.9 Å². The van der Waals surface area contributed by atoms with Gasteiger partial charge in [0.1, 0.15) is 5.56 Å². The number of rotatable bonds is 6. The van der Waals surface area contributed by atoms with Crippen LogP contribution in [0.25, 0.3) is 10.9 Å². The summed E-state index contributed by atoms with van der Waals surface area (Å²) < 4.78 is 15.5. The van der Waals surface area contributed by atoms with Crippen LogP contribution >= 0.6 is 0 Å². The normalized spacial score (nSPS) is 10.4. The Balaban J connectivity index is 2.07. The van der Waals surface area contributed by atoms with Crippen molar-refractivity contribution in [3.8, 4) is 17.2 Å². The van der Waals surface area contributed by atoms with Crippen LogP contribution < -0.4 is 19.5 Å². The number of benzene rings is 2. The monoisotopic (exact) mass is 383 g/mol. The first-order valence-corrected chi connectivity index (χ1v) is 8.13. The summed E-state index contributed by atoms with van der Waals surface area (Å²) in [7, 11) is 3.93. The van der Waals surface area contributed by atoms with Crippen molar-refractivity contribution in [2.45, 2.75) is 0 Å². The Hall–Kier alpha value is -3.88. The van der Waals surface area contributed by atoms with Crippen molar-refractivity contribution in [3.63, 3.8) is 0 Å². The fraction of sp³-hybridized carbons (Fsp3) is 0.158. The topological polar surface area (TPSA) is 113 Å². The van der Waals surface area contributed by atoms with Crippen LogP contribution in [0.3, 0.4) is 0 Å². The molecule has 0 saturated carbocycles. The molecule has 0 aliphatic heterocycles. The van der Waals surface area contributed by atoms with Gasteiger partial charge in [-0.2, -0.15) is 0 Å². The lowest BCUT2D eigenvalue weighted by atomic mass is 10.1. The lowest BCUT2D eigenvalue weighted by Gasteiger charge is -2.15. The highest BCUT2D eigenvalue weighted by Gasteiger charge is 2.32. The van der Waals surface area contributed by atoms with E-state index in [1.165, 1.54) is 33.6 Å². The number of carbonyl (C=O) groups is 1. The zero-order valence-electron chi connectivity index (χ0n) is 15.4. The van der Waals surface area contributed by atoms with E-state index >= 15 is 0 Å². The molecule has 1 N–H and O–H groups in total. The number of nitrogens with one attached hydrogen (secondary N) is 1. The molecule has 0 fully saturated rings. The van der Waals surface area contributed by atoms with Crippen LogP contribution in [0.4, 0.5) is 11.4 Å². The summed E-state index contributed by atoms with van der Waals surface area (Å²) in [5, 5.41) is 15.1. The van der Waals surface area contributed by atoms with Crippen LogP contribution in [-0.2, 0) is 0 Å². The van der Waals surface area contributed by atoms with Gasteiger partial charge in [0.2, 0.25) is 11.5 Å². The largest absolute Gasteiger partial charge is 0.493 e. The van der Waals surface area contributed by atoms with Crippen molar-refractivity contribution < 1.29 is 23.9 Å². The van der Waals surface area contributed by atoms with Crippen LogP contribution in [-0.4, -0.2) is 37.1 Å². The van der Waals surface area contributed by atoms with Gasteiger partial charge in [-0.1, -0.05) is 18.2 Å². The SMILES string of the molecule is COc1cc(C(=O)Nc2cnc3ccccc3c2)c([N+](=O)[O-])c(OC)c1OC. The number of ether oxygens (including phenoxy) is 3. The first kappa shape index (κ1) is 18.9. The Morgan fingerprint density at radius 3 is 2.43 bits per heavy atom. The van der Waals surface area contributed by atoms with Gasteiger partial charge in [0.05, 0.1) is 43.7 Å². The number of pyridine rings is 1. The molecule has 28 heavy (non-hydrogen) atoms. The molecule has 0 aliphatic rings. The second-order valence-electron chi connectivity index (χ2n) is 5.67. The van der Waals surface area contributed by atoms with Crippen molar-refractivity contribution >= 4 is 28.2 Å². The van der Waals surface area contributed by atoms with E-state index in [4.69, 9.17) is 14.2 Å². The average Bonchev–Trinajstić information content (AvgIpc) is 2.71. The van der Waals surface area contributed by atoms with Crippen molar-refractivity contribution in [3.05, 3.63) is 58.3 Å². The Labute approximate surface area is 160 Å². The Morgan fingerprint density at radius 1 is 1.07 bits per heavy atom. The highest BCUT2D eigenvalue weighted by atomic mass is 16.6. The fourth-order valence-electron chi connectivity index (χ4n) is 2.83. The summed E-state index contributed by atoms with van der Waals surface area (Å²) >= 11 is 0. The molecule has 0 aliphatic carbocycles. The van der Waals surface area contributed by atoms with Crippen LogP contribution in [0, 0.1) is 10.1 Å². The Morgan fingerprint density at radius 2 is 1.79 bits per heavy atom. The van der Waals surface area contributed by atoms with Crippen LogP contribution in [0.1, 0.15) is 10.4 Å². The number of amides is 1. The summed E-state index contributed by atoms with van der Waals surface area (Å²) in [5.41, 5.74) is 0.407. The third-order valence-electron chi connectivity index (χ3n) is 4.08. The van der Waals surface area contributed by atoms with Gasteiger partial charge in [0.15, 0.2) is 5.75 Å². The van der Waals surface area contributed by atoms with E-state index in [9.17, 15) is 14.9 Å².